The highest BCUT2D eigenvalue weighted by atomic mass is 16.5. The summed E-state index contributed by atoms with van der Waals surface area (Å²) in [6.07, 6.45) is 2.05. The molecule has 19 heavy (non-hydrogen) atoms. The van der Waals surface area contributed by atoms with Crippen LogP contribution in [0.4, 0.5) is 0 Å². The molecular formula is C16H23NO2. The fourth-order valence-corrected chi connectivity index (χ4v) is 2.69. The molecule has 1 saturated heterocycles. The first-order valence-corrected chi connectivity index (χ1v) is 6.96. The van der Waals surface area contributed by atoms with E-state index in [1.165, 1.54) is 5.56 Å². The molecule has 3 heteroatoms. The second-order valence-corrected chi connectivity index (χ2v) is 5.50. The first-order chi connectivity index (χ1) is 9.08. The summed E-state index contributed by atoms with van der Waals surface area (Å²) in [5.74, 6) is 0.214. The Morgan fingerprint density at radius 3 is 2.63 bits per heavy atom. The van der Waals surface area contributed by atoms with Crippen LogP contribution in [0.25, 0.3) is 0 Å². The molecule has 0 unspecified atom stereocenters. The summed E-state index contributed by atoms with van der Waals surface area (Å²) in [7, 11) is 2.04. The van der Waals surface area contributed by atoms with Gasteiger partial charge in [0.15, 0.2) is 5.78 Å². The van der Waals surface area contributed by atoms with Crippen molar-refractivity contribution in [2.45, 2.75) is 32.7 Å². The highest BCUT2D eigenvalue weighted by molar-refractivity contribution is 5.98. The predicted octanol–water partition coefficient (Wildman–Crippen LogP) is 2.60. The lowest BCUT2D eigenvalue weighted by molar-refractivity contribution is 0.0418. The first kappa shape index (κ1) is 14.2. The summed E-state index contributed by atoms with van der Waals surface area (Å²) in [6.45, 7) is 6.18. The van der Waals surface area contributed by atoms with Gasteiger partial charge < -0.3 is 4.74 Å². The van der Waals surface area contributed by atoms with Crippen LogP contribution in [-0.4, -0.2) is 43.5 Å². The van der Waals surface area contributed by atoms with E-state index >= 15 is 0 Å². The monoisotopic (exact) mass is 261 g/mol. The molecule has 2 rings (SSSR count). The molecule has 0 N–H and O–H groups in total. The van der Waals surface area contributed by atoms with E-state index in [1.54, 1.807) is 0 Å². The lowest BCUT2D eigenvalue weighted by atomic mass is 10.0. The number of ether oxygens (including phenoxy) is 1. The fourth-order valence-electron chi connectivity index (χ4n) is 2.69. The maximum atomic E-state index is 12.4. The van der Waals surface area contributed by atoms with Crippen molar-refractivity contribution in [3.05, 3.63) is 34.9 Å². The number of aryl methyl sites for hydroxylation is 2. The molecule has 1 heterocycles. The van der Waals surface area contributed by atoms with Crippen molar-refractivity contribution in [1.82, 2.24) is 4.90 Å². The summed E-state index contributed by atoms with van der Waals surface area (Å²) in [4.78, 5) is 14.5. The van der Waals surface area contributed by atoms with Gasteiger partial charge in [0.2, 0.25) is 0 Å². The first-order valence-electron chi connectivity index (χ1n) is 6.96. The van der Waals surface area contributed by atoms with Gasteiger partial charge in [-0.15, -0.1) is 0 Å². The van der Waals surface area contributed by atoms with Crippen LogP contribution in [0.15, 0.2) is 18.2 Å². The Morgan fingerprint density at radius 2 is 2.00 bits per heavy atom. The third kappa shape index (κ3) is 3.64. The highest BCUT2D eigenvalue weighted by Crippen LogP contribution is 2.15. The van der Waals surface area contributed by atoms with E-state index in [2.05, 4.69) is 17.9 Å². The average molecular weight is 261 g/mol. The second kappa shape index (κ2) is 6.31. The molecule has 1 aliphatic heterocycles. The van der Waals surface area contributed by atoms with Crippen LogP contribution in [0.3, 0.4) is 0 Å². The molecule has 1 aliphatic rings. The molecule has 0 atom stereocenters. The summed E-state index contributed by atoms with van der Waals surface area (Å²) < 4.78 is 5.36. The molecule has 104 valence electrons. The molecule has 0 spiro atoms. The molecule has 3 nitrogen and oxygen atoms in total. The van der Waals surface area contributed by atoms with Crippen molar-refractivity contribution < 1.29 is 9.53 Å². The minimum atomic E-state index is 0.214. The van der Waals surface area contributed by atoms with Crippen molar-refractivity contribution in [3.8, 4) is 0 Å². The van der Waals surface area contributed by atoms with Gasteiger partial charge in [-0.2, -0.15) is 0 Å². The van der Waals surface area contributed by atoms with E-state index in [0.717, 1.165) is 37.2 Å². The van der Waals surface area contributed by atoms with Crippen molar-refractivity contribution >= 4 is 5.78 Å². The molecule has 0 aromatic heterocycles. The number of hydrogen-bond acceptors (Lipinski definition) is 3. The number of likely N-dealkylation sites (N-methyl/N-ethyl adjacent to an activating group) is 1. The fraction of sp³-hybridized carbons (Fsp3) is 0.562. The molecule has 0 aliphatic carbocycles. The largest absolute Gasteiger partial charge is 0.381 e. The van der Waals surface area contributed by atoms with Crippen LogP contribution in [0.5, 0.6) is 0 Å². The van der Waals surface area contributed by atoms with Crippen LogP contribution in [0.2, 0.25) is 0 Å². The molecule has 1 aromatic rings. The molecule has 0 saturated carbocycles. The number of nitrogens with zero attached hydrogens (tertiary/aromatic N) is 1. The quantitative estimate of drug-likeness (QED) is 0.780. The van der Waals surface area contributed by atoms with Gasteiger partial charge >= 0.3 is 0 Å². The highest BCUT2D eigenvalue weighted by Gasteiger charge is 2.21. The van der Waals surface area contributed by atoms with E-state index < -0.39 is 0 Å². The number of rotatable bonds is 4. The lowest BCUT2D eigenvalue weighted by Crippen LogP contribution is -2.39. The number of ketones is 1. The summed E-state index contributed by atoms with van der Waals surface area (Å²) >= 11 is 0. The Morgan fingerprint density at radius 1 is 1.32 bits per heavy atom. The van der Waals surface area contributed by atoms with E-state index in [-0.39, 0.29) is 5.78 Å². The summed E-state index contributed by atoms with van der Waals surface area (Å²) in [5.41, 5.74) is 3.13. The Labute approximate surface area is 115 Å². The Balaban J connectivity index is 1.99. The van der Waals surface area contributed by atoms with Crippen molar-refractivity contribution in [3.63, 3.8) is 0 Å². The van der Waals surface area contributed by atoms with Gasteiger partial charge in [-0.25, -0.2) is 0 Å². The van der Waals surface area contributed by atoms with E-state index in [4.69, 9.17) is 4.74 Å². The zero-order chi connectivity index (χ0) is 13.8. The minimum absolute atomic E-state index is 0.214. The second-order valence-electron chi connectivity index (χ2n) is 5.50. The zero-order valence-corrected chi connectivity index (χ0v) is 12.1. The number of carbonyl (C=O) groups excluding carboxylic acids is 1. The van der Waals surface area contributed by atoms with Crippen molar-refractivity contribution in [2.24, 2.45) is 0 Å². The maximum Gasteiger partial charge on any atom is 0.177 e. The molecule has 0 amide bonds. The van der Waals surface area contributed by atoms with Gasteiger partial charge in [-0.05, 0) is 39.3 Å². The van der Waals surface area contributed by atoms with Gasteiger partial charge in [0.05, 0.1) is 6.54 Å². The smallest absolute Gasteiger partial charge is 0.177 e. The minimum Gasteiger partial charge on any atom is -0.381 e. The van der Waals surface area contributed by atoms with E-state index in [9.17, 15) is 4.79 Å². The van der Waals surface area contributed by atoms with Crippen molar-refractivity contribution in [1.29, 1.82) is 0 Å². The standard InChI is InChI=1S/C16H23NO2/c1-12-4-5-15(13(2)10-12)16(18)11-17(3)14-6-8-19-9-7-14/h4-5,10,14H,6-9,11H2,1-3H3. The van der Waals surface area contributed by atoms with Crippen LogP contribution >= 0.6 is 0 Å². The Kier molecular flexibility index (Phi) is 4.72. The zero-order valence-electron chi connectivity index (χ0n) is 12.1. The number of benzene rings is 1. The molecule has 1 fully saturated rings. The topological polar surface area (TPSA) is 29.5 Å². The van der Waals surface area contributed by atoms with Gasteiger partial charge in [-0.3, -0.25) is 9.69 Å². The van der Waals surface area contributed by atoms with Crippen molar-refractivity contribution in [2.75, 3.05) is 26.8 Å². The predicted molar refractivity (Wildman–Crippen MR) is 76.7 cm³/mol. The van der Waals surface area contributed by atoms with Crippen LogP contribution in [-0.2, 0) is 4.74 Å². The molecule has 0 radical (unpaired) electrons. The third-order valence-corrected chi connectivity index (χ3v) is 3.89. The van der Waals surface area contributed by atoms with Gasteiger partial charge in [0, 0.05) is 24.8 Å². The summed E-state index contributed by atoms with van der Waals surface area (Å²) in [5, 5.41) is 0. The normalized spacial score (nSPS) is 16.8. The molecule has 0 bridgehead atoms. The van der Waals surface area contributed by atoms with Crippen LogP contribution < -0.4 is 0 Å². The Hall–Kier alpha value is -1.19. The SMILES string of the molecule is Cc1ccc(C(=O)CN(C)C2CCOCC2)c(C)c1. The summed E-state index contributed by atoms with van der Waals surface area (Å²) in [6, 6.07) is 6.50. The van der Waals surface area contributed by atoms with Crippen LogP contribution in [0.1, 0.15) is 34.3 Å². The number of carbonyl (C=O) groups is 1. The van der Waals surface area contributed by atoms with Gasteiger partial charge in [0.25, 0.3) is 0 Å². The van der Waals surface area contributed by atoms with Gasteiger partial charge in [-0.1, -0.05) is 23.8 Å². The average Bonchev–Trinajstić information content (AvgIpc) is 2.39. The molecular weight excluding hydrogens is 238 g/mol. The maximum absolute atomic E-state index is 12.4. The Bertz CT molecular complexity index is 450. The van der Waals surface area contributed by atoms with E-state index in [1.807, 2.05) is 26.1 Å². The van der Waals surface area contributed by atoms with Crippen LogP contribution in [0, 0.1) is 13.8 Å². The van der Waals surface area contributed by atoms with E-state index in [0.29, 0.717) is 12.6 Å². The lowest BCUT2D eigenvalue weighted by Gasteiger charge is -2.30. The molecule has 1 aromatic carbocycles. The number of Topliss-reactive ketones (excluding diaryl/α,β-unsaturated/α-hetero) is 1. The van der Waals surface area contributed by atoms with Gasteiger partial charge in [0.1, 0.15) is 0 Å². The number of hydrogen-bond donors (Lipinski definition) is 0. The third-order valence-electron chi connectivity index (χ3n) is 3.89.